The van der Waals surface area contributed by atoms with E-state index in [9.17, 15) is 9.59 Å². The van der Waals surface area contributed by atoms with E-state index in [1.54, 1.807) is 24.3 Å². The van der Waals surface area contributed by atoms with Gasteiger partial charge >= 0.3 is 5.97 Å². The van der Waals surface area contributed by atoms with Crippen molar-refractivity contribution in [3.8, 4) is 11.4 Å². The van der Waals surface area contributed by atoms with E-state index < -0.39 is 11.9 Å². The van der Waals surface area contributed by atoms with E-state index in [2.05, 4.69) is 15.5 Å². The Morgan fingerprint density at radius 3 is 2.48 bits per heavy atom. The molecule has 1 N–H and O–H groups in total. The fourth-order valence-corrected chi connectivity index (χ4v) is 2.81. The van der Waals surface area contributed by atoms with E-state index >= 15 is 0 Å². The number of para-hydroxylation sites is 1. The number of rotatable bonds is 7. The molecule has 7 nitrogen and oxygen atoms in total. The lowest BCUT2D eigenvalue weighted by Crippen LogP contribution is -2.22. The maximum atomic E-state index is 12.0. The second-order valence-electron chi connectivity index (χ2n) is 6.49. The highest BCUT2D eigenvalue weighted by Crippen LogP contribution is 2.20. The van der Waals surface area contributed by atoms with Gasteiger partial charge in [-0.25, -0.2) is 0 Å². The fraction of sp³-hybridized carbons (Fsp3) is 0.238. The predicted octanol–water partition coefficient (Wildman–Crippen LogP) is 4.12. The van der Waals surface area contributed by atoms with Crippen molar-refractivity contribution in [3.63, 3.8) is 0 Å². The zero-order valence-electron chi connectivity index (χ0n) is 16.1. The summed E-state index contributed by atoms with van der Waals surface area (Å²) >= 11 is 5.86. The molecule has 3 rings (SSSR count). The molecule has 0 saturated heterocycles. The van der Waals surface area contributed by atoms with Gasteiger partial charge in [-0.2, -0.15) is 4.98 Å². The van der Waals surface area contributed by atoms with Gasteiger partial charge in [0.15, 0.2) is 6.61 Å². The van der Waals surface area contributed by atoms with Crippen molar-refractivity contribution in [2.45, 2.75) is 26.7 Å². The molecule has 0 aliphatic carbocycles. The number of carbonyl (C=O) groups excluding carboxylic acids is 2. The van der Waals surface area contributed by atoms with E-state index in [0.29, 0.717) is 16.7 Å². The Morgan fingerprint density at radius 2 is 1.79 bits per heavy atom. The Hall–Kier alpha value is -3.19. The molecule has 0 fully saturated rings. The number of carbonyl (C=O) groups is 2. The van der Waals surface area contributed by atoms with Gasteiger partial charge in [-0.1, -0.05) is 35.0 Å². The molecule has 0 saturated carbocycles. The minimum atomic E-state index is -0.520. The molecule has 0 spiro atoms. The van der Waals surface area contributed by atoms with Crippen LogP contribution in [0.3, 0.4) is 0 Å². The third-order valence-corrected chi connectivity index (χ3v) is 4.48. The topological polar surface area (TPSA) is 94.3 Å². The predicted molar refractivity (Wildman–Crippen MR) is 109 cm³/mol. The normalized spacial score (nSPS) is 10.6. The van der Waals surface area contributed by atoms with Gasteiger partial charge < -0.3 is 14.6 Å². The van der Waals surface area contributed by atoms with Gasteiger partial charge in [-0.15, -0.1) is 0 Å². The molecule has 2 aromatic carbocycles. The summed E-state index contributed by atoms with van der Waals surface area (Å²) in [7, 11) is 0. The first-order valence-electron chi connectivity index (χ1n) is 9.02. The molecular formula is C21H20ClN3O4. The van der Waals surface area contributed by atoms with Gasteiger partial charge in [0.25, 0.3) is 5.91 Å². The molecule has 1 amide bonds. The molecule has 0 bridgehead atoms. The Morgan fingerprint density at radius 1 is 1.10 bits per heavy atom. The van der Waals surface area contributed by atoms with E-state index in [1.165, 1.54) is 0 Å². The van der Waals surface area contributed by atoms with Crippen LogP contribution in [0.2, 0.25) is 5.02 Å². The van der Waals surface area contributed by atoms with Crippen LogP contribution in [0.1, 0.15) is 23.4 Å². The summed E-state index contributed by atoms with van der Waals surface area (Å²) in [6.45, 7) is 3.45. The molecule has 1 heterocycles. The van der Waals surface area contributed by atoms with Crippen molar-refractivity contribution in [1.82, 2.24) is 10.1 Å². The number of hydrogen-bond acceptors (Lipinski definition) is 6. The van der Waals surface area contributed by atoms with Crippen molar-refractivity contribution >= 4 is 29.2 Å². The summed E-state index contributed by atoms with van der Waals surface area (Å²) in [5.41, 5.74) is 3.37. The standard InChI is InChI=1S/C21H20ClN3O4/c1-13-4-3-5-14(2)20(13)23-17(26)12-28-19(27)11-10-18-24-21(25-29-18)15-6-8-16(22)9-7-15/h3-9H,10-12H2,1-2H3,(H,23,26). The molecular weight excluding hydrogens is 394 g/mol. The van der Waals surface area contributed by atoms with Crippen LogP contribution in [0.15, 0.2) is 47.0 Å². The van der Waals surface area contributed by atoms with Crippen LogP contribution in [0.5, 0.6) is 0 Å². The third kappa shape index (κ3) is 5.65. The Labute approximate surface area is 173 Å². The molecule has 0 unspecified atom stereocenters. The minimum absolute atomic E-state index is 0.0267. The van der Waals surface area contributed by atoms with E-state index in [4.69, 9.17) is 20.9 Å². The van der Waals surface area contributed by atoms with E-state index in [-0.39, 0.29) is 19.4 Å². The number of amides is 1. The zero-order valence-corrected chi connectivity index (χ0v) is 16.8. The molecule has 1 aromatic heterocycles. The van der Waals surface area contributed by atoms with Crippen LogP contribution in [-0.2, 0) is 20.7 Å². The first kappa shape index (κ1) is 20.5. The second-order valence-corrected chi connectivity index (χ2v) is 6.93. The number of aryl methyl sites for hydroxylation is 3. The quantitative estimate of drug-likeness (QED) is 0.585. The number of benzene rings is 2. The summed E-state index contributed by atoms with van der Waals surface area (Å²) in [5, 5.41) is 7.27. The van der Waals surface area contributed by atoms with Crippen molar-refractivity contribution in [2.75, 3.05) is 11.9 Å². The number of halogens is 1. The Kier molecular flexibility index (Phi) is 6.61. The summed E-state index contributed by atoms with van der Waals surface area (Å²) in [5.74, 6) is -0.184. The van der Waals surface area contributed by atoms with Crippen LogP contribution in [0.4, 0.5) is 5.69 Å². The van der Waals surface area contributed by atoms with Gasteiger partial charge in [-0.3, -0.25) is 9.59 Å². The van der Waals surface area contributed by atoms with Crippen molar-refractivity contribution in [3.05, 3.63) is 64.5 Å². The van der Waals surface area contributed by atoms with Crippen LogP contribution < -0.4 is 5.32 Å². The largest absolute Gasteiger partial charge is 0.456 e. The highest BCUT2D eigenvalue weighted by Gasteiger charge is 2.13. The highest BCUT2D eigenvalue weighted by atomic mass is 35.5. The number of esters is 1. The molecule has 0 radical (unpaired) electrons. The van der Waals surface area contributed by atoms with Gasteiger partial charge in [0.2, 0.25) is 11.7 Å². The molecule has 29 heavy (non-hydrogen) atoms. The van der Waals surface area contributed by atoms with Crippen LogP contribution >= 0.6 is 11.6 Å². The smallest absolute Gasteiger partial charge is 0.306 e. The lowest BCUT2D eigenvalue weighted by Gasteiger charge is -2.11. The Bertz CT molecular complexity index is 995. The molecule has 8 heteroatoms. The Balaban J connectivity index is 1.45. The van der Waals surface area contributed by atoms with Gasteiger partial charge in [-0.05, 0) is 49.2 Å². The second kappa shape index (κ2) is 9.34. The van der Waals surface area contributed by atoms with Gasteiger partial charge in [0, 0.05) is 22.7 Å². The summed E-state index contributed by atoms with van der Waals surface area (Å²) in [6.07, 6.45) is 0.247. The highest BCUT2D eigenvalue weighted by molar-refractivity contribution is 6.30. The monoisotopic (exact) mass is 413 g/mol. The third-order valence-electron chi connectivity index (χ3n) is 4.22. The maximum absolute atomic E-state index is 12.0. The van der Waals surface area contributed by atoms with E-state index in [0.717, 1.165) is 22.4 Å². The van der Waals surface area contributed by atoms with Crippen molar-refractivity contribution in [1.29, 1.82) is 0 Å². The number of hydrogen-bond donors (Lipinski definition) is 1. The van der Waals surface area contributed by atoms with Crippen LogP contribution in [0.25, 0.3) is 11.4 Å². The maximum Gasteiger partial charge on any atom is 0.306 e. The first-order chi connectivity index (χ1) is 13.9. The average molecular weight is 414 g/mol. The van der Waals surface area contributed by atoms with Crippen LogP contribution in [-0.4, -0.2) is 28.6 Å². The number of nitrogens with one attached hydrogen (secondary N) is 1. The number of anilines is 1. The zero-order chi connectivity index (χ0) is 20.8. The number of ether oxygens (including phenoxy) is 1. The lowest BCUT2D eigenvalue weighted by molar-refractivity contribution is -0.147. The number of aromatic nitrogens is 2. The van der Waals surface area contributed by atoms with Gasteiger partial charge in [0.05, 0.1) is 6.42 Å². The molecule has 0 aliphatic heterocycles. The summed E-state index contributed by atoms with van der Waals surface area (Å²) in [4.78, 5) is 28.2. The molecule has 0 aliphatic rings. The van der Waals surface area contributed by atoms with E-state index in [1.807, 2.05) is 32.0 Å². The van der Waals surface area contributed by atoms with Gasteiger partial charge in [0.1, 0.15) is 0 Å². The first-order valence-corrected chi connectivity index (χ1v) is 9.40. The summed E-state index contributed by atoms with van der Waals surface area (Å²) in [6, 6.07) is 12.7. The average Bonchev–Trinajstić information content (AvgIpc) is 3.17. The van der Waals surface area contributed by atoms with Crippen molar-refractivity contribution < 1.29 is 18.8 Å². The SMILES string of the molecule is Cc1cccc(C)c1NC(=O)COC(=O)CCc1nc(-c2ccc(Cl)cc2)no1. The van der Waals surface area contributed by atoms with Crippen molar-refractivity contribution in [2.24, 2.45) is 0 Å². The molecule has 150 valence electrons. The minimum Gasteiger partial charge on any atom is -0.456 e. The summed E-state index contributed by atoms with van der Waals surface area (Å²) < 4.78 is 10.2. The molecule has 0 atom stereocenters. The lowest BCUT2D eigenvalue weighted by atomic mass is 10.1. The van der Waals surface area contributed by atoms with Crippen LogP contribution in [0, 0.1) is 13.8 Å². The fourth-order valence-electron chi connectivity index (χ4n) is 2.69. The molecule has 3 aromatic rings. The number of nitrogens with zero attached hydrogens (tertiary/aromatic N) is 2.